The van der Waals surface area contributed by atoms with Gasteiger partial charge in [-0.15, -0.1) is 0 Å². The molecule has 1 N–H and O–H groups in total. The molecule has 0 aliphatic rings. The van der Waals surface area contributed by atoms with Gasteiger partial charge in [-0.2, -0.15) is 0 Å². The van der Waals surface area contributed by atoms with Gasteiger partial charge in [-0.3, -0.25) is 4.98 Å². The van der Waals surface area contributed by atoms with Crippen LogP contribution in [0.4, 0.5) is 0 Å². The van der Waals surface area contributed by atoms with E-state index in [1.165, 1.54) is 0 Å². The van der Waals surface area contributed by atoms with E-state index in [9.17, 15) is 0 Å². The van der Waals surface area contributed by atoms with Crippen LogP contribution in [0.3, 0.4) is 0 Å². The smallest absolute Gasteiger partial charge is 0.146 e. The molecule has 2 rings (SSSR count). The van der Waals surface area contributed by atoms with Gasteiger partial charge in [0.05, 0.1) is 12.5 Å². The van der Waals surface area contributed by atoms with E-state index in [1.54, 1.807) is 18.7 Å². The van der Waals surface area contributed by atoms with Gasteiger partial charge >= 0.3 is 0 Å². The third-order valence-corrected chi connectivity index (χ3v) is 2.69. The van der Waals surface area contributed by atoms with Crippen molar-refractivity contribution >= 4 is 0 Å². The molecule has 0 aliphatic heterocycles. The van der Waals surface area contributed by atoms with E-state index in [4.69, 9.17) is 9.15 Å². The second-order valence-corrected chi connectivity index (χ2v) is 4.88. The molecule has 0 spiro atoms. The second kappa shape index (κ2) is 6.95. The Balaban J connectivity index is 1.92. The minimum Gasteiger partial charge on any atom is -0.484 e. The lowest BCUT2D eigenvalue weighted by Crippen LogP contribution is -2.19. The predicted octanol–water partition coefficient (Wildman–Crippen LogP) is 3.00. The second-order valence-electron chi connectivity index (χ2n) is 4.88. The molecule has 102 valence electrons. The fourth-order valence-electron chi connectivity index (χ4n) is 1.72. The highest BCUT2D eigenvalue weighted by atomic mass is 16.5. The van der Waals surface area contributed by atoms with Gasteiger partial charge < -0.3 is 14.5 Å². The summed E-state index contributed by atoms with van der Waals surface area (Å²) in [6, 6.07) is 5.73. The standard InChI is InChI=1S/C15H20N2O2/c1-12(2)8-17-9-13-5-6-16-10-15(13)19-11-14-4-3-7-18-14/h3-7,10,12,17H,8-9,11H2,1-2H3. The van der Waals surface area contributed by atoms with E-state index in [0.717, 1.165) is 30.2 Å². The maximum atomic E-state index is 5.74. The molecule has 19 heavy (non-hydrogen) atoms. The number of nitrogens with one attached hydrogen (secondary N) is 1. The van der Waals surface area contributed by atoms with E-state index < -0.39 is 0 Å². The molecule has 2 aromatic heterocycles. The molecule has 0 bridgehead atoms. The summed E-state index contributed by atoms with van der Waals surface area (Å²) in [5.74, 6) is 2.24. The number of hydrogen-bond donors (Lipinski definition) is 1. The third kappa shape index (κ3) is 4.41. The molecule has 0 saturated carbocycles. The molecule has 0 atom stereocenters. The number of rotatable bonds is 7. The fourth-order valence-corrected chi connectivity index (χ4v) is 1.72. The summed E-state index contributed by atoms with van der Waals surface area (Å²) in [7, 11) is 0. The van der Waals surface area contributed by atoms with Crippen molar-refractivity contribution in [2.45, 2.75) is 27.0 Å². The molecule has 2 aromatic rings. The van der Waals surface area contributed by atoms with Gasteiger partial charge in [-0.1, -0.05) is 13.8 Å². The van der Waals surface area contributed by atoms with Gasteiger partial charge in [0.2, 0.25) is 0 Å². The molecule has 0 aromatic carbocycles. The molecule has 0 amide bonds. The molecule has 4 heteroatoms. The van der Waals surface area contributed by atoms with Crippen LogP contribution in [-0.4, -0.2) is 11.5 Å². The highest BCUT2D eigenvalue weighted by molar-refractivity contribution is 5.29. The molecule has 0 aliphatic carbocycles. The van der Waals surface area contributed by atoms with Crippen molar-refractivity contribution in [3.63, 3.8) is 0 Å². The number of ether oxygens (including phenoxy) is 1. The molecular formula is C15H20N2O2. The van der Waals surface area contributed by atoms with Crippen LogP contribution in [0.2, 0.25) is 0 Å². The van der Waals surface area contributed by atoms with Crippen molar-refractivity contribution in [3.05, 3.63) is 48.2 Å². The lowest BCUT2D eigenvalue weighted by atomic mass is 10.2. The Morgan fingerprint density at radius 3 is 3.00 bits per heavy atom. The number of pyridine rings is 1. The minimum absolute atomic E-state index is 0.426. The number of furan rings is 1. The molecule has 0 fully saturated rings. The molecule has 0 radical (unpaired) electrons. The minimum atomic E-state index is 0.426. The zero-order valence-corrected chi connectivity index (χ0v) is 11.4. The fraction of sp³-hybridized carbons (Fsp3) is 0.400. The normalized spacial score (nSPS) is 10.9. The first-order valence-electron chi connectivity index (χ1n) is 6.54. The zero-order valence-electron chi connectivity index (χ0n) is 11.4. The van der Waals surface area contributed by atoms with Gasteiger partial charge in [0, 0.05) is 18.3 Å². The maximum Gasteiger partial charge on any atom is 0.146 e. The van der Waals surface area contributed by atoms with E-state index in [1.807, 2.05) is 18.2 Å². The van der Waals surface area contributed by atoms with Crippen LogP contribution in [0.15, 0.2) is 41.3 Å². The van der Waals surface area contributed by atoms with Crippen molar-refractivity contribution in [3.8, 4) is 5.75 Å². The monoisotopic (exact) mass is 260 g/mol. The van der Waals surface area contributed by atoms with E-state index in [2.05, 4.69) is 24.1 Å². The summed E-state index contributed by atoms with van der Waals surface area (Å²) < 4.78 is 11.0. The molecule has 2 heterocycles. The largest absolute Gasteiger partial charge is 0.484 e. The number of nitrogens with zero attached hydrogens (tertiary/aromatic N) is 1. The summed E-state index contributed by atoms with van der Waals surface area (Å²) in [5, 5.41) is 3.40. The molecule has 4 nitrogen and oxygen atoms in total. The first kappa shape index (κ1) is 13.6. The van der Waals surface area contributed by atoms with Crippen LogP contribution in [0.25, 0.3) is 0 Å². The van der Waals surface area contributed by atoms with Crippen LogP contribution >= 0.6 is 0 Å². The Morgan fingerprint density at radius 1 is 1.37 bits per heavy atom. The van der Waals surface area contributed by atoms with Crippen molar-refractivity contribution in [1.29, 1.82) is 0 Å². The Bertz CT molecular complexity index is 481. The first-order chi connectivity index (χ1) is 9.25. The van der Waals surface area contributed by atoms with E-state index >= 15 is 0 Å². The quantitative estimate of drug-likeness (QED) is 0.831. The van der Waals surface area contributed by atoms with Gasteiger partial charge in [0.1, 0.15) is 18.1 Å². The Morgan fingerprint density at radius 2 is 2.26 bits per heavy atom. The summed E-state index contributed by atoms with van der Waals surface area (Å²) in [4.78, 5) is 4.11. The lowest BCUT2D eigenvalue weighted by molar-refractivity contribution is 0.266. The lowest BCUT2D eigenvalue weighted by Gasteiger charge is -2.12. The zero-order chi connectivity index (χ0) is 13.5. The summed E-state index contributed by atoms with van der Waals surface area (Å²) in [5.41, 5.74) is 1.11. The van der Waals surface area contributed by atoms with Crippen molar-refractivity contribution in [2.75, 3.05) is 6.54 Å². The van der Waals surface area contributed by atoms with Gasteiger partial charge in [-0.05, 0) is 30.7 Å². The summed E-state index contributed by atoms with van der Waals surface area (Å²) in [6.07, 6.45) is 5.18. The summed E-state index contributed by atoms with van der Waals surface area (Å²) >= 11 is 0. The molecule has 0 unspecified atom stereocenters. The van der Waals surface area contributed by atoms with Crippen LogP contribution in [-0.2, 0) is 13.2 Å². The SMILES string of the molecule is CC(C)CNCc1ccncc1OCc1ccco1. The topological polar surface area (TPSA) is 47.3 Å². The Kier molecular flexibility index (Phi) is 4.98. The number of aromatic nitrogens is 1. The van der Waals surface area contributed by atoms with Crippen molar-refractivity contribution in [2.24, 2.45) is 5.92 Å². The average molecular weight is 260 g/mol. The third-order valence-electron chi connectivity index (χ3n) is 2.69. The highest BCUT2D eigenvalue weighted by Crippen LogP contribution is 2.18. The van der Waals surface area contributed by atoms with Gasteiger partial charge in [-0.25, -0.2) is 0 Å². The number of hydrogen-bond acceptors (Lipinski definition) is 4. The summed E-state index contributed by atoms with van der Waals surface area (Å²) in [6.45, 7) is 6.58. The average Bonchev–Trinajstić information content (AvgIpc) is 2.90. The van der Waals surface area contributed by atoms with Crippen molar-refractivity contribution in [1.82, 2.24) is 10.3 Å². The van der Waals surface area contributed by atoms with Crippen LogP contribution < -0.4 is 10.1 Å². The molecular weight excluding hydrogens is 240 g/mol. The Labute approximate surface area is 113 Å². The van der Waals surface area contributed by atoms with Crippen LogP contribution in [0.1, 0.15) is 25.2 Å². The van der Waals surface area contributed by atoms with Crippen LogP contribution in [0, 0.1) is 5.92 Å². The first-order valence-corrected chi connectivity index (χ1v) is 6.54. The highest BCUT2D eigenvalue weighted by Gasteiger charge is 2.05. The molecule has 0 saturated heterocycles. The Hall–Kier alpha value is -1.81. The van der Waals surface area contributed by atoms with Crippen molar-refractivity contribution < 1.29 is 9.15 Å². The van der Waals surface area contributed by atoms with Gasteiger partial charge in [0.15, 0.2) is 0 Å². The predicted molar refractivity (Wildman–Crippen MR) is 73.8 cm³/mol. The van der Waals surface area contributed by atoms with Gasteiger partial charge in [0.25, 0.3) is 0 Å². The maximum absolute atomic E-state index is 5.74. The van der Waals surface area contributed by atoms with Crippen LogP contribution in [0.5, 0.6) is 5.75 Å². The van der Waals surface area contributed by atoms with E-state index in [-0.39, 0.29) is 0 Å². The van der Waals surface area contributed by atoms with E-state index in [0.29, 0.717) is 12.5 Å².